The summed E-state index contributed by atoms with van der Waals surface area (Å²) in [6.45, 7) is 0. The normalized spacial score (nSPS) is 40.2. The van der Waals surface area contributed by atoms with Crippen molar-refractivity contribution in [3.05, 3.63) is 0 Å². The molecule has 0 aromatic heterocycles. The maximum absolute atomic E-state index is 4.35. The molecule has 0 N–H and O–H groups in total. The molecule has 0 radical (unpaired) electrons. The van der Waals surface area contributed by atoms with Gasteiger partial charge in [-0.25, -0.2) is 0 Å². The number of rotatable bonds is 1. The van der Waals surface area contributed by atoms with Crippen molar-refractivity contribution in [1.82, 2.24) is 0 Å². The number of hydrogen-bond acceptors (Lipinski definition) is 3. The fourth-order valence-corrected chi connectivity index (χ4v) is 6.08. The van der Waals surface area contributed by atoms with E-state index < -0.39 is 0 Å². The summed E-state index contributed by atoms with van der Waals surface area (Å²) in [7, 11) is 0. The molecule has 0 amide bonds. The molecule has 0 aromatic carbocycles. The lowest BCUT2D eigenvalue weighted by molar-refractivity contribution is 0.532. The number of fused-ring (bicyclic) bond motifs is 1. The monoisotopic (exact) mass is 224 g/mol. The molecule has 1 aliphatic carbocycles. The quantitative estimate of drug-likeness (QED) is 0.671. The van der Waals surface area contributed by atoms with Crippen LogP contribution in [0, 0.1) is 0 Å². The van der Waals surface area contributed by atoms with Gasteiger partial charge in [0.2, 0.25) is 0 Å². The Morgan fingerprint density at radius 2 is 1.67 bits per heavy atom. The van der Waals surface area contributed by atoms with Gasteiger partial charge in [-0.1, -0.05) is 20.3 Å². The second-order valence-corrected chi connectivity index (χ2v) is 6.80. The molecule has 1 saturated carbocycles. The highest BCUT2D eigenvalue weighted by Gasteiger charge is 2.35. The van der Waals surface area contributed by atoms with Gasteiger partial charge in [0, 0.05) is 17.7 Å². The average Bonchev–Trinajstić information content (AvgIpc) is 2.46. The zero-order valence-electron chi connectivity index (χ0n) is 6.53. The lowest BCUT2D eigenvalue weighted by atomic mass is 10.00. The summed E-state index contributed by atoms with van der Waals surface area (Å²) in [6.07, 6.45) is 5.86. The third kappa shape index (κ3) is 2.30. The molecule has 0 spiro atoms. The van der Waals surface area contributed by atoms with E-state index in [0.29, 0.717) is 0 Å². The molecule has 1 saturated heterocycles. The smallest absolute Gasteiger partial charge is 0.0596 e. The minimum Gasteiger partial charge on any atom is -0.177 e. The van der Waals surface area contributed by atoms with Crippen LogP contribution in [0.4, 0.5) is 0 Å². The van der Waals surface area contributed by atoms with E-state index in [9.17, 15) is 0 Å². The first-order chi connectivity index (χ1) is 5.40. The first-order valence-electron chi connectivity index (χ1n) is 4.32. The van der Waals surface area contributed by atoms with Gasteiger partial charge in [-0.2, -0.15) is 12.6 Å². The first-order valence-corrected chi connectivity index (χ1v) is 6.84. The van der Waals surface area contributed by atoms with Gasteiger partial charge in [-0.3, -0.25) is 0 Å². The zero-order valence-corrected chi connectivity index (χ0v) is 9.06. The second kappa shape index (κ2) is 5.06. The summed E-state index contributed by atoms with van der Waals surface area (Å²) in [5.74, 6) is 1.06. The number of thioether (sulfide) groups is 2. The fraction of sp³-hybridized carbons (Fsp3) is 1.00. The minimum atomic E-state index is 0. The summed E-state index contributed by atoms with van der Waals surface area (Å²) >= 11 is 8.72. The third-order valence-corrected chi connectivity index (χ3v) is 6.91. The Bertz CT molecular complexity index is 129. The van der Waals surface area contributed by atoms with Gasteiger partial charge in [0.15, 0.2) is 0 Å². The molecule has 74 valence electrons. The van der Waals surface area contributed by atoms with E-state index in [1.165, 1.54) is 25.7 Å². The lowest BCUT2D eigenvalue weighted by Gasteiger charge is -2.22. The molecule has 1 aliphatic heterocycles. The van der Waals surface area contributed by atoms with Crippen LogP contribution in [0.5, 0.6) is 0 Å². The molecule has 3 heteroatoms. The fourth-order valence-electron chi connectivity index (χ4n) is 1.88. The molecule has 2 aliphatic rings. The van der Waals surface area contributed by atoms with Crippen LogP contribution in [0.3, 0.4) is 0 Å². The standard InChI is InChI=1S/C8H14S3.CH4.H2/c9-5-8-10-6-3-1-2-4-7(6)11-8;;/h6-9H,1-5H2;1H4;1H. The van der Waals surface area contributed by atoms with Gasteiger partial charge in [-0.05, 0) is 12.8 Å². The van der Waals surface area contributed by atoms with Crippen LogP contribution in [0.2, 0.25) is 0 Å². The SMILES string of the molecule is C.SCC1SC2CCCCC2S1.[HH]. The van der Waals surface area contributed by atoms with Gasteiger partial charge in [0.25, 0.3) is 0 Å². The Kier molecular flexibility index (Phi) is 4.69. The topological polar surface area (TPSA) is 0 Å². The Labute approximate surface area is 91.5 Å². The van der Waals surface area contributed by atoms with E-state index in [4.69, 9.17) is 0 Å². The Morgan fingerprint density at radius 3 is 2.08 bits per heavy atom. The van der Waals surface area contributed by atoms with E-state index in [0.717, 1.165) is 20.8 Å². The Morgan fingerprint density at radius 1 is 1.17 bits per heavy atom. The highest BCUT2D eigenvalue weighted by Crippen LogP contribution is 2.49. The van der Waals surface area contributed by atoms with E-state index in [2.05, 4.69) is 36.2 Å². The molecule has 2 fully saturated rings. The van der Waals surface area contributed by atoms with Crippen molar-refractivity contribution in [1.29, 1.82) is 0 Å². The van der Waals surface area contributed by atoms with Crippen LogP contribution in [0.25, 0.3) is 0 Å². The van der Waals surface area contributed by atoms with Crippen LogP contribution in [0.1, 0.15) is 34.5 Å². The summed E-state index contributed by atoms with van der Waals surface area (Å²) in [5, 5.41) is 1.96. The van der Waals surface area contributed by atoms with Crippen molar-refractivity contribution in [3.8, 4) is 0 Å². The zero-order chi connectivity index (χ0) is 7.68. The summed E-state index contributed by atoms with van der Waals surface area (Å²) < 4.78 is 0.798. The highest BCUT2D eigenvalue weighted by molar-refractivity contribution is 8.21. The molecule has 0 aromatic rings. The molecule has 1 heterocycles. The van der Waals surface area contributed by atoms with Crippen molar-refractivity contribution in [2.24, 2.45) is 0 Å². The number of hydrogen-bond donors (Lipinski definition) is 1. The van der Waals surface area contributed by atoms with Crippen molar-refractivity contribution >= 4 is 36.2 Å². The minimum absolute atomic E-state index is 0. The summed E-state index contributed by atoms with van der Waals surface area (Å²) in [6, 6.07) is 0. The van der Waals surface area contributed by atoms with Crippen LogP contribution in [-0.2, 0) is 0 Å². The first kappa shape index (κ1) is 11.1. The molecule has 2 unspecified atom stereocenters. The van der Waals surface area contributed by atoms with Crippen LogP contribution in [0.15, 0.2) is 0 Å². The maximum Gasteiger partial charge on any atom is 0.0596 e. The van der Waals surface area contributed by atoms with E-state index in [-0.39, 0.29) is 8.85 Å². The van der Waals surface area contributed by atoms with Gasteiger partial charge >= 0.3 is 0 Å². The third-order valence-electron chi connectivity index (χ3n) is 2.44. The van der Waals surface area contributed by atoms with Crippen molar-refractivity contribution in [2.75, 3.05) is 5.75 Å². The molecule has 0 bridgehead atoms. The molecule has 2 rings (SSSR count). The Hall–Kier alpha value is 1.05. The van der Waals surface area contributed by atoms with Crippen LogP contribution < -0.4 is 0 Å². The molecule has 2 atom stereocenters. The predicted molar refractivity (Wildman–Crippen MR) is 67.7 cm³/mol. The highest BCUT2D eigenvalue weighted by atomic mass is 32.2. The van der Waals surface area contributed by atoms with Crippen molar-refractivity contribution in [2.45, 2.75) is 48.2 Å². The molecule has 12 heavy (non-hydrogen) atoms. The summed E-state index contributed by atoms with van der Waals surface area (Å²) in [4.78, 5) is 0. The molecular weight excluding hydrogens is 204 g/mol. The van der Waals surface area contributed by atoms with E-state index in [1.54, 1.807) is 0 Å². The second-order valence-electron chi connectivity index (χ2n) is 3.25. The van der Waals surface area contributed by atoms with Crippen molar-refractivity contribution in [3.63, 3.8) is 0 Å². The number of thiol groups is 1. The van der Waals surface area contributed by atoms with Gasteiger partial charge in [0.05, 0.1) is 4.58 Å². The van der Waals surface area contributed by atoms with E-state index >= 15 is 0 Å². The molecule has 0 nitrogen and oxygen atoms in total. The predicted octanol–water partition coefficient (Wildman–Crippen LogP) is 3.92. The largest absolute Gasteiger partial charge is 0.177 e. The average molecular weight is 224 g/mol. The van der Waals surface area contributed by atoms with E-state index in [1.807, 2.05) is 0 Å². The van der Waals surface area contributed by atoms with Gasteiger partial charge in [0.1, 0.15) is 0 Å². The lowest BCUT2D eigenvalue weighted by Crippen LogP contribution is -2.19. The van der Waals surface area contributed by atoms with Crippen LogP contribution in [-0.4, -0.2) is 20.8 Å². The van der Waals surface area contributed by atoms with Crippen LogP contribution >= 0.6 is 36.2 Å². The van der Waals surface area contributed by atoms with Gasteiger partial charge < -0.3 is 0 Å². The van der Waals surface area contributed by atoms with Crippen molar-refractivity contribution < 1.29 is 1.43 Å². The maximum atomic E-state index is 4.35. The Balaban J connectivity index is 0.000000720. The van der Waals surface area contributed by atoms with Gasteiger partial charge in [-0.15, -0.1) is 23.5 Å². The molecular formula is C9H20S3. The summed E-state index contributed by atoms with van der Waals surface area (Å²) in [5.41, 5.74) is 0.